The molecule has 0 spiro atoms. The quantitative estimate of drug-likeness (QED) is 0.839. The van der Waals surface area contributed by atoms with Crippen molar-refractivity contribution in [3.8, 4) is 11.5 Å². The number of aromatic hydroxyl groups is 1. The molecule has 1 aliphatic rings. The van der Waals surface area contributed by atoms with Gasteiger partial charge in [0.05, 0.1) is 13.7 Å². The van der Waals surface area contributed by atoms with Crippen LogP contribution in [0, 0.1) is 0 Å². The van der Waals surface area contributed by atoms with Crippen LogP contribution in [0.2, 0.25) is 0 Å². The van der Waals surface area contributed by atoms with Crippen LogP contribution in [0.25, 0.3) is 0 Å². The Hall–Kier alpha value is -1.26. The highest BCUT2D eigenvalue weighted by atomic mass is 16.5. The molecule has 2 unspecified atom stereocenters. The topological polar surface area (TPSA) is 50.7 Å². The summed E-state index contributed by atoms with van der Waals surface area (Å²) in [5, 5.41) is 13.0. The van der Waals surface area contributed by atoms with E-state index in [0.717, 1.165) is 25.2 Å². The van der Waals surface area contributed by atoms with Crippen LogP contribution in [-0.4, -0.2) is 31.5 Å². The molecular formula is C13H19NO3. The van der Waals surface area contributed by atoms with Gasteiger partial charge in [-0.1, -0.05) is 6.07 Å². The van der Waals surface area contributed by atoms with E-state index in [1.807, 2.05) is 12.1 Å². The van der Waals surface area contributed by atoms with Crippen molar-refractivity contribution in [2.75, 3.05) is 20.3 Å². The summed E-state index contributed by atoms with van der Waals surface area (Å²) in [5.74, 6) is 0.687. The summed E-state index contributed by atoms with van der Waals surface area (Å²) < 4.78 is 10.4. The Balaban J connectivity index is 2.04. The van der Waals surface area contributed by atoms with Gasteiger partial charge in [0.15, 0.2) is 11.5 Å². The van der Waals surface area contributed by atoms with E-state index in [9.17, 15) is 5.11 Å². The van der Waals surface area contributed by atoms with Crippen LogP contribution in [0.3, 0.4) is 0 Å². The second-order valence-electron chi connectivity index (χ2n) is 4.38. The standard InChI is InChI=1S/C13H19NO3/c1-9(14-11-5-6-17-8-11)10-3-4-12(15)13(7-10)16-2/h3-4,7,9,11,14-15H,5-6,8H2,1-2H3. The van der Waals surface area contributed by atoms with E-state index >= 15 is 0 Å². The molecule has 1 aliphatic heterocycles. The molecule has 2 atom stereocenters. The van der Waals surface area contributed by atoms with Crippen LogP contribution >= 0.6 is 0 Å². The van der Waals surface area contributed by atoms with Gasteiger partial charge in [-0.05, 0) is 31.0 Å². The van der Waals surface area contributed by atoms with Crippen molar-refractivity contribution < 1.29 is 14.6 Å². The SMILES string of the molecule is COc1cc(C(C)NC2CCOC2)ccc1O. The van der Waals surface area contributed by atoms with E-state index in [1.165, 1.54) is 0 Å². The fourth-order valence-electron chi connectivity index (χ4n) is 2.08. The molecule has 0 aliphatic carbocycles. The highest BCUT2D eigenvalue weighted by Gasteiger charge is 2.18. The third-order valence-corrected chi connectivity index (χ3v) is 3.12. The smallest absolute Gasteiger partial charge is 0.160 e. The molecular weight excluding hydrogens is 218 g/mol. The first-order valence-corrected chi connectivity index (χ1v) is 5.91. The zero-order chi connectivity index (χ0) is 12.3. The molecule has 0 bridgehead atoms. The maximum absolute atomic E-state index is 9.54. The molecule has 1 aromatic rings. The monoisotopic (exact) mass is 237 g/mol. The maximum atomic E-state index is 9.54. The fourth-order valence-corrected chi connectivity index (χ4v) is 2.08. The van der Waals surface area contributed by atoms with Crippen LogP contribution in [0.4, 0.5) is 0 Å². The minimum absolute atomic E-state index is 0.174. The average molecular weight is 237 g/mol. The van der Waals surface area contributed by atoms with Gasteiger partial charge in [0.25, 0.3) is 0 Å². The van der Waals surface area contributed by atoms with Crippen molar-refractivity contribution >= 4 is 0 Å². The normalized spacial score (nSPS) is 21.4. The van der Waals surface area contributed by atoms with Crippen molar-refractivity contribution in [2.24, 2.45) is 0 Å². The van der Waals surface area contributed by atoms with Crippen LogP contribution in [0.1, 0.15) is 24.9 Å². The van der Waals surface area contributed by atoms with Gasteiger partial charge >= 0.3 is 0 Å². The lowest BCUT2D eigenvalue weighted by Gasteiger charge is -2.19. The van der Waals surface area contributed by atoms with Gasteiger partial charge in [-0.2, -0.15) is 0 Å². The number of hydrogen-bond acceptors (Lipinski definition) is 4. The van der Waals surface area contributed by atoms with E-state index in [4.69, 9.17) is 9.47 Å². The molecule has 1 saturated heterocycles. The van der Waals surface area contributed by atoms with E-state index in [1.54, 1.807) is 13.2 Å². The Kier molecular flexibility index (Phi) is 3.86. The zero-order valence-electron chi connectivity index (χ0n) is 10.3. The highest BCUT2D eigenvalue weighted by molar-refractivity contribution is 5.42. The van der Waals surface area contributed by atoms with E-state index < -0.39 is 0 Å². The summed E-state index contributed by atoms with van der Waals surface area (Å²) in [5.41, 5.74) is 1.10. The second kappa shape index (κ2) is 5.38. The first kappa shape index (κ1) is 12.2. The summed E-state index contributed by atoms with van der Waals surface area (Å²) >= 11 is 0. The lowest BCUT2D eigenvalue weighted by atomic mass is 10.1. The summed E-state index contributed by atoms with van der Waals surface area (Å²) in [6.07, 6.45) is 1.06. The van der Waals surface area contributed by atoms with Crippen LogP contribution in [-0.2, 0) is 4.74 Å². The first-order chi connectivity index (χ1) is 8.20. The highest BCUT2D eigenvalue weighted by Crippen LogP contribution is 2.29. The Bertz CT molecular complexity index is 375. The Morgan fingerprint density at radius 2 is 2.35 bits per heavy atom. The Labute approximate surface area is 102 Å². The van der Waals surface area contributed by atoms with Gasteiger partial charge < -0.3 is 19.9 Å². The maximum Gasteiger partial charge on any atom is 0.160 e. The van der Waals surface area contributed by atoms with Crippen LogP contribution < -0.4 is 10.1 Å². The lowest BCUT2D eigenvalue weighted by Crippen LogP contribution is -2.31. The van der Waals surface area contributed by atoms with Crippen LogP contribution in [0.15, 0.2) is 18.2 Å². The van der Waals surface area contributed by atoms with Crippen molar-refractivity contribution in [3.63, 3.8) is 0 Å². The summed E-state index contributed by atoms with van der Waals surface area (Å²) in [7, 11) is 1.56. The Morgan fingerprint density at radius 3 is 3.00 bits per heavy atom. The average Bonchev–Trinajstić information content (AvgIpc) is 2.82. The number of phenolic OH excluding ortho intramolecular Hbond substituents is 1. The van der Waals surface area contributed by atoms with Gasteiger partial charge in [-0.15, -0.1) is 0 Å². The number of hydrogen-bond donors (Lipinski definition) is 2. The predicted molar refractivity (Wildman–Crippen MR) is 65.4 cm³/mol. The van der Waals surface area contributed by atoms with Gasteiger partial charge in [0.1, 0.15) is 0 Å². The van der Waals surface area contributed by atoms with E-state index in [-0.39, 0.29) is 11.8 Å². The van der Waals surface area contributed by atoms with Crippen molar-refractivity contribution in [1.29, 1.82) is 0 Å². The molecule has 0 radical (unpaired) electrons. The van der Waals surface area contributed by atoms with Gasteiger partial charge in [0.2, 0.25) is 0 Å². The largest absolute Gasteiger partial charge is 0.504 e. The molecule has 0 aromatic heterocycles. The number of methoxy groups -OCH3 is 1. The molecule has 2 N–H and O–H groups in total. The fraction of sp³-hybridized carbons (Fsp3) is 0.538. The third-order valence-electron chi connectivity index (χ3n) is 3.12. The number of nitrogens with one attached hydrogen (secondary N) is 1. The molecule has 4 heteroatoms. The molecule has 4 nitrogen and oxygen atoms in total. The minimum Gasteiger partial charge on any atom is -0.504 e. The van der Waals surface area contributed by atoms with E-state index in [2.05, 4.69) is 12.2 Å². The molecule has 17 heavy (non-hydrogen) atoms. The van der Waals surface area contributed by atoms with Gasteiger partial charge in [0, 0.05) is 18.7 Å². The lowest BCUT2D eigenvalue weighted by molar-refractivity contribution is 0.188. The van der Waals surface area contributed by atoms with Crippen molar-refractivity contribution in [2.45, 2.75) is 25.4 Å². The predicted octanol–water partition coefficient (Wildman–Crippen LogP) is 1.84. The molecule has 1 heterocycles. The van der Waals surface area contributed by atoms with Crippen LogP contribution in [0.5, 0.6) is 11.5 Å². The summed E-state index contributed by atoms with van der Waals surface area (Å²) in [6.45, 7) is 3.72. The molecule has 2 rings (SSSR count). The molecule has 0 saturated carbocycles. The molecule has 0 amide bonds. The number of benzene rings is 1. The molecule has 94 valence electrons. The Morgan fingerprint density at radius 1 is 1.53 bits per heavy atom. The second-order valence-corrected chi connectivity index (χ2v) is 4.38. The summed E-state index contributed by atoms with van der Waals surface area (Å²) in [4.78, 5) is 0. The van der Waals surface area contributed by atoms with Gasteiger partial charge in [-0.25, -0.2) is 0 Å². The number of ether oxygens (including phenoxy) is 2. The summed E-state index contributed by atoms with van der Waals surface area (Å²) in [6, 6.07) is 6.08. The zero-order valence-corrected chi connectivity index (χ0v) is 10.3. The van der Waals surface area contributed by atoms with Crippen molar-refractivity contribution in [1.82, 2.24) is 5.32 Å². The number of phenols is 1. The van der Waals surface area contributed by atoms with Crippen molar-refractivity contribution in [3.05, 3.63) is 23.8 Å². The van der Waals surface area contributed by atoms with Gasteiger partial charge in [-0.3, -0.25) is 0 Å². The van der Waals surface area contributed by atoms with E-state index in [0.29, 0.717) is 11.8 Å². The third kappa shape index (κ3) is 2.90. The molecule has 1 aromatic carbocycles. The minimum atomic E-state index is 0.174. The first-order valence-electron chi connectivity index (χ1n) is 5.91. The number of rotatable bonds is 4. The molecule has 1 fully saturated rings.